The lowest BCUT2D eigenvalue weighted by atomic mass is 9.92. The normalized spacial score (nSPS) is 10.9. The van der Waals surface area contributed by atoms with E-state index in [2.05, 4.69) is 34.8 Å². The third-order valence-corrected chi connectivity index (χ3v) is 5.46. The first kappa shape index (κ1) is 23.8. The second-order valence-corrected chi connectivity index (χ2v) is 7.91. The van der Waals surface area contributed by atoms with Gasteiger partial charge >= 0.3 is 0 Å². The average Bonchev–Trinajstić information content (AvgIpc) is 2.92. The van der Waals surface area contributed by atoms with Crippen LogP contribution in [0.1, 0.15) is 39.9 Å². The van der Waals surface area contributed by atoms with Gasteiger partial charge in [-0.05, 0) is 60.0 Å². The van der Waals surface area contributed by atoms with E-state index in [0.29, 0.717) is 18.8 Å². The number of hydrogen-bond acceptors (Lipinski definition) is 4. The predicted molar refractivity (Wildman–Crippen MR) is 139 cm³/mol. The molecular weight excluding hydrogens is 436 g/mol. The summed E-state index contributed by atoms with van der Waals surface area (Å²) in [5, 5.41) is 4.26. The molecule has 0 spiro atoms. The van der Waals surface area contributed by atoms with Crippen molar-refractivity contribution in [3.05, 3.63) is 131 Å². The molecule has 0 heterocycles. The fourth-order valence-electron chi connectivity index (χ4n) is 3.64. The Morgan fingerprint density at radius 3 is 1.86 bits per heavy atom. The van der Waals surface area contributed by atoms with Crippen molar-refractivity contribution in [1.82, 2.24) is 5.43 Å². The molecule has 0 radical (unpaired) electrons. The van der Waals surface area contributed by atoms with Gasteiger partial charge in [0.1, 0.15) is 18.1 Å². The molecule has 0 aliphatic heterocycles. The first-order valence-corrected chi connectivity index (χ1v) is 11.6. The minimum Gasteiger partial charge on any atom is -0.494 e. The van der Waals surface area contributed by atoms with Crippen LogP contribution >= 0.6 is 0 Å². The summed E-state index contributed by atoms with van der Waals surface area (Å²) in [6, 6.07) is 35.0. The van der Waals surface area contributed by atoms with Gasteiger partial charge in [0.2, 0.25) is 0 Å². The van der Waals surface area contributed by atoms with Gasteiger partial charge in [-0.3, -0.25) is 4.79 Å². The molecule has 1 N–H and O–H groups in total. The summed E-state index contributed by atoms with van der Waals surface area (Å²) in [4.78, 5) is 12.6. The number of benzene rings is 4. The van der Waals surface area contributed by atoms with Gasteiger partial charge in [0, 0.05) is 17.7 Å². The second kappa shape index (κ2) is 12.2. The smallest absolute Gasteiger partial charge is 0.271 e. The number of nitrogens with zero attached hydrogens (tertiary/aromatic N) is 1. The lowest BCUT2D eigenvalue weighted by Gasteiger charge is -2.13. The van der Waals surface area contributed by atoms with E-state index in [1.807, 2.05) is 79.7 Å². The highest BCUT2D eigenvalue weighted by Gasteiger charge is 2.12. The number of ether oxygens (including phenoxy) is 2. The van der Waals surface area contributed by atoms with Crippen molar-refractivity contribution >= 4 is 12.1 Å². The molecule has 5 nitrogen and oxygen atoms in total. The van der Waals surface area contributed by atoms with Crippen LogP contribution in [0.4, 0.5) is 0 Å². The van der Waals surface area contributed by atoms with Crippen molar-refractivity contribution < 1.29 is 14.3 Å². The number of nitrogens with one attached hydrogen (secondary N) is 1. The molecule has 0 aliphatic rings. The highest BCUT2D eigenvalue weighted by atomic mass is 16.5. The summed E-state index contributed by atoms with van der Waals surface area (Å²) in [6.07, 6.45) is 1.77. The topological polar surface area (TPSA) is 59.9 Å². The number of amides is 1. The quantitative estimate of drug-likeness (QED) is 0.224. The summed E-state index contributed by atoms with van der Waals surface area (Å²) in [5.74, 6) is 1.26. The predicted octanol–water partition coefficient (Wildman–Crippen LogP) is 6.21. The Hall–Kier alpha value is -4.38. The zero-order valence-corrected chi connectivity index (χ0v) is 19.6. The molecule has 5 heteroatoms. The summed E-state index contributed by atoms with van der Waals surface area (Å²) in [7, 11) is 0. The van der Waals surface area contributed by atoms with Gasteiger partial charge in [-0.25, -0.2) is 5.43 Å². The molecule has 4 aromatic carbocycles. The first-order valence-electron chi connectivity index (χ1n) is 11.6. The van der Waals surface area contributed by atoms with E-state index in [-0.39, 0.29) is 11.8 Å². The maximum atomic E-state index is 12.6. The monoisotopic (exact) mass is 464 g/mol. The Labute approximate surface area is 206 Å². The Morgan fingerprint density at radius 1 is 0.771 bits per heavy atom. The Balaban J connectivity index is 1.34. The molecule has 0 saturated heterocycles. The third-order valence-electron chi connectivity index (χ3n) is 5.46. The van der Waals surface area contributed by atoms with Gasteiger partial charge < -0.3 is 9.47 Å². The van der Waals surface area contributed by atoms with Gasteiger partial charge in [0.05, 0.1) is 6.61 Å². The van der Waals surface area contributed by atoms with E-state index >= 15 is 0 Å². The van der Waals surface area contributed by atoms with E-state index < -0.39 is 0 Å². The number of carbonyl (C=O) groups is 1. The molecule has 0 fully saturated rings. The molecule has 4 aromatic rings. The standard InChI is InChI=1S/C30H28N2O3/c1-2-34-27-17-19-28(20-18-27)35-22-23-13-15-26(16-14-23)30(33)32-31-21-29(24-9-5-3-6-10-24)25-11-7-4-8-12-25/h3-21,29H,2,22H2,1H3,(H,32,33)/b31-21+. The maximum absolute atomic E-state index is 12.6. The molecule has 0 bridgehead atoms. The average molecular weight is 465 g/mol. The third kappa shape index (κ3) is 6.81. The molecule has 35 heavy (non-hydrogen) atoms. The molecule has 4 rings (SSSR count). The SMILES string of the molecule is CCOc1ccc(OCc2ccc(C(=O)N/N=C/C(c3ccccc3)c3ccccc3)cc2)cc1. The number of hydrazone groups is 1. The van der Waals surface area contributed by atoms with E-state index in [1.165, 1.54) is 0 Å². The Kier molecular flexibility index (Phi) is 8.28. The molecule has 0 aliphatic carbocycles. The molecule has 0 atom stereocenters. The van der Waals surface area contributed by atoms with Gasteiger partial charge in [0.25, 0.3) is 5.91 Å². The lowest BCUT2D eigenvalue weighted by Crippen LogP contribution is -2.18. The van der Waals surface area contributed by atoms with Crippen molar-refractivity contribution in [2.45, 2.75) is 19.4 Å². The highest BCUT2D eigenvalue weighted by molar-refractivity contribution is 5.94. The van der Waals surface area contributed by atoms with Crippen molar-refractivity contribution in [2.75, 3.05) is 6.61 Å². The molecule has 1 amide bonds. The van der Waals surface area contributed by atoms with Crippen molar-refractivity contribution in [1.29, 1.82) is 0 Å². The number of hydrogen-bond donors (Lipinski definition) is 1. The Morgan fingerprint density at radius 2 is 1.31 bits per heavy atom. The zero-order valence-electron chi connectivity index (χ0n) is 19.6. The lowest BCUT2D eigenvalue weighted by molar-refractivity contribution is 0.0955. The molecule has 0 unspecified atom stereocenters. The van der Waals surface area contributed by atoms with E-state index in [4.69, 9.17) is 9.47 Å². The minimum absolute atomic E-state index is 0.0557. The fourth-order valence-corrected chi connectivity index (χ4v) is 3.64. The van der Waals surface area contributed by atoms with Crippen LogP contribution in [-0.4, -0.2) is 18.7 Å². The largest absolute Gasteiger partial charge is 0.494 e. The van der Waals surface area contributed by atoms with Crippen LogP contribution in [0.15, 0.2) is 114 Å². The first-order chi connectivity index (χ1) is 17.2. The van der Waals surface area contributed by atoms with Crippen LogP contribution < -0.4 is 14.9 Å². The maximum Gasteiger partial charge on any atom is 0.271 e. The highest BCUT2D eigenvalue weighted by Crippen LogP contribution is 2.22. The van der Waals surface area contributed by atoms with Crippen LogP contribution in [-0.2, 0) is 6.61 Å². The van der Waals surface area contributed by atoms with E-state index in [1.54, 1.807) is 18.3 Å². The summed E-state index contributed by atoms with van der Waals surface area (Å²) < 4.78 is 11.3. The minimum atomic E-state index is -0.264. The second-order valence-electron chi connectivity index (χ2n) is 7.91. The van der Waals surface area contributed by atoms with Crippen LogP contribution in [0.25, 0.3) is 0 Å². The van der Waals surface area contributed by atoms with Crippen LogP contribution in [0.5, 0.6) is 11.5 Å². The van der Waals surface area contributed by atoms with Gasteiger partial charge in [-0.15, -0.1) is 0 Å². The number of carbonyl (C=O) groups excluding carboxylic acids is 1. The zero-order chi connectivity index (χ0) is 24.3. The fraction of sp³-hybridized carbons (Fsp3) is 0.133. The van der Waals surface area contributed by atoms with Crippen molar-refractivity contribution in [3.8, 4) is 11.5 Å². The van der Waals surface area contributed by atoms with Gasteiger partial charge in [-0.1, -0.05) is 72.8 Å². The molecule has 0 saturated carbocycles. The van der Waals surface area contributed by atoms with Crippen molar-refractivity contribution in [2.24, 2.45) is 5.10 Å². The van der Waals surface area contributed by atoms with E-state index in [9.17, 15) is 4.79 Å². The Bertz CT molecular complexity index is 1180. The molecule has 0 aromatic heterocycles. The molecule has 176 valence electrons. The summed E-state index contributed by atoms with van der Waals surface area (Å²) in [6.45, 7) is 2.99. The van der Waals surface area contributed by atoms with Crippen LogP contribution in [0.3, 0.4) is 0 Å². The summed E-state index contributed by atoms with van der Waals surface area (Å²) >= 11 is 0. The van der Waals surface area contributed by atoms with Crippen LogP contribution in [0.2, 0.25) is 0 Å². The van der Waals surface area contributed by atoms with Crippen LogP contribution in [0, 0.1) is 0 Å². The molecular formula is C30H28N2O3. The summed E-state index contributed by atoms with van der Waals surface area (Å²) in [5.41, 5.74) is 6.36. The van der Waals surface area contributed by atoms with Gasteiger partial charge in [-0.2, -0.15) is 5.10 Å². The van der Waals surface area contributed by atoms with E-state index in [0.717, 1.165) is 28.2 Å². The van der Waals surface area contributed by atoms with Gasteiger partial charge in [0.15, 0.2) is 0 Å². The number of rotatable bonds is 10. The van der Waals surface area contributed by atoms with Crippen molar-refractivity contribution in [3.63, 3.8) is 0 Å².